The maximum absolute atomic E-state index is 13.4. The van der Waals surface area contributed by atoms with Gasteiger partial charge in [0, 0.05) is 5.56 Å². The molecule has 0 fully saturated rings. The van der Waals surface area contributed by atoms with Crippen LogP contribution >= 0.6 is 30.7 Å². The third-order valence-electron chi connectivity index (χ3n) is 3.59. The summed E-state index contributed by atoms with van der Waals surface area (Å²) >= 11 is 11.0. The van der Waals surface area contributed by atoms with Crippen LogP contribution in [0.1, 0.15) is 12.8 Å². The maximum atomic E-state index is 13.4. The van der Waals surface area contributed by atoms with Crippen LogP contribution in [0.25, 0.3) is 11.4 Å². The molecule has 1 unspecified atom stereocenters. The number of aromatic nitrogens is 2. The van der Waals surface area contributed by atoms with Gasteiger partial charge in [-0.3, -0.25) is 4.57 Å². The summed E-state index contributed by atoms with van der Waals surface area (Å²) < 4.78 is 49.4. The van der Waals surface area contributed by atoms with E-state index in [1.165, 1.54) is 24.3 Å². The summed E-state index contributed by atoms with van der Waals surface area (Å²) in [5, 5.41) is 3.32. The largest absolute Gasteiger partial charge is 0.400 e. The van der Waals surface area contributed by atoms with Crippen molar-refractivity contribution in [2.24, 2.45) is 0 Å². The van der Waals surface area contributed by atoms with Crippen LogP contribution in [-0.2, 0) is 14.5 Å². The molecule has 28 heavy (non-hydrogen) atoms. The highest BCUT2D eigenvalue weighted by Crippen LogP contribution is 2.47. The zero-order valence-corrected chi connectivity index (χ0v) is 16.8. The van der Waals surface area contributed by atoms with Crippen molar-refractivity contribution in [2.45, 2.75) is 12.3 Å². The van der Waals surface area contributed by atoms with Crippen molar-refractivity contribution in [2.75, 3.05) is 11.7 Å². The Labute approximate surface area is 169 Å². The monoisotopic (exact) mass is 447 g/mol. The van der Waals surface area contributed by atoms with Crippen LogP contribution in [-0.4, -0.2) is 16.7 Å². The van der Waals surface area contributed by atoms with E-state index in [0.29, 0.717) is 21.6 Å². The lowest BCUT2D eigenvalue weighted by Gasteiger charge is -2.21. The molecule has 0 spiro atoms. The summed E-state index contributed by atoms with van der Waals surface area (Å²) in [5.74, 6) is -1.08. The van der Waals surface area contributed by atoms with E-state index >= 15 is 0 Å². The molecule has 6 nitrogen and oxygen atoms in total. The molecule has 2 aromatic carbocycles. The summed E-state index contributed by atoms with van der Waals surface area (Å²) in [7, 11) is -3.49. The first-order chi connectivity index (χ1) is 13.2. The molecule has 0 aliphatic heterocycles. The van der Waals surface area contributed by atoms with Crippen LogP contribution in [0.15, 0.2) is 53.1 Å². The molecule has 1 aromatic heterocycles. The molecule has 0 amide bonds. The lowest BCUT2D eigenvalue weighted by molar-refractivity contribution is 0.0551. The molecular formula is C17H14Cl2F2N3O3P. The van der Waals surface area contributed by atoms with E-state index in [2.05, 4.69) is 19.8 Å². The molecule has 0 saturated heterocycles. The van der Waals surface area contributed by atoms with Gasteiger partial charge in [-0.15, -0.1) is 0 Å². The molecule has 1 N–H and O–H groups in total. The van der Waals surface area contributed by atoms with Gasteiger partial charge in [-0.25, -0.2) is 0 Å². The van der Waals surface area contributed by atoms with Crippen molar-refractivity contribution in [3.63, 3.8) is 0 Å². The van der Waals surface area contributed by atoms with Gasteiger partial charge < -0.3 is 14.1 Å². The van der Waals surface area contributed by atoms with Crippen LogP contribution in [0.2, 0.25) is 5.02 Å². The highest BCUT2D eigenvalue weighted by molar-refractivity contribution is 7.68. The lowest BCUT2D eigenvalue weighted by atomic mass is 10.2. The smallest absolute Gasteiger partial charge is 0.331 e. The highest BCUT2D eigenvalue weighted by Gasteiger charge is 2.36. The van der Waals surface area contributed by atoms with Crippen molar-refractivity contribution < 1.29 is 22.4 Å². The first-order valence-corrected chi connectivity index (χ1v) is 10.4. The number of rotatable bonds is 7. The molecular weight excluding hydrogens is 434 g/mol. The number of anilines is 1. The van der Waals surface area contributed by atoms with Gasteiger partial charge in [0.25, 0.3) is 0 Å². The van der Waals surface area contributed by atoms with E-state index in [-0.39, 0.29) is 12.4 Å². The topological polar surface area (TPSA) is 77.2 Å². The Kier molecular flexibility index (Phi) is 6.05. The van der Waals surface area contributed by atoms with E-state index in [9.17, 15) is 13.3 Å². The van der Waals surface area contributed by atoms with Crippen molar-refractivity contribution in [3.05, 3.63) is 59.4 Å². The summed E-state index contributed by atoms with van der Waals surface area (Å²) in [6, 6.07) is 12.9. The zero-order chi connectivity index (χ0) is 20.4. The molecule has 0 saturated carbocycles. The quantitative estimate of drug-likeness (QED) is 0.372. The van der Waals surface area contributed by atoms with Crippen LogP contribution in [0.3, 0.4) is 0 Å². The van der Waals surface area contributed by atoms with E-state index < -0.39 is 18.8 Å². The van der Waals surface area contributed by atoms with Gasteiger partial charge in [0.2, 0.25) is 5.82 Å². The second kappa shape index (κ2) is 8.17. The van der Waals surface area contributed by atoms with Gasteiger partial charge in [0.1, 0.15) is 0 Å². The van der Waals surface area contributed by atoms with Gasteiger partial charge in [-0.2, -0.15) is 13.8 Å². The number of alkyl halides is 3. The second-order valence-electron chi connectivity index (χ2n) is 5.53. The van der Waals surface area contributed by atoms with E-state index in [1.807, 2.05) is 0 Å². The molecule has 11 heteroatoms. The molecule has 0 aliphatic rings. The fourth-order valence-electron chi connectivity index (χ4n) is 2.33. The zero-order valence-electron chi connectivity index (χ0n) is 14.4. The standard InChI is InChI=1S/C17H14Cl2F2N3O3P/c1-2-26-28(25,24-14-6-4-3-5-13(14)18)12-9-7-11(8-10-12)15-22-16(27-23-15)17(19,20)21/h3-10H,2H2,1H3,(H,24,25). The fourth-order valence-corrected chi connectivity index (χ4v) is 4.41. The Hall–Kier alpha value is -1.99. The average molecular weight is 448 g/mol. The third kappa shape index (κ3) is 4.52. The SMILES string of the molecule is CCOP(=O)(Nc1ccccc1Cl)c1ccc(-c2noc(C(F)(F)Cl)n2)cc1. The van der Waals surface area contributed by atoms with E-state index in [1.54, 1.807) is 31.2 Å². The molecule has 3 aromatic rings. The average Bonchev–Trinajstić information content (AvgIpc) is 3.15. The summed E-state index contributed by atoms with van der Waals surface area (Å²) in [6.45, 7) is 1.90. The minimum Gasteiger partial charge on any atom is -0.331 e. The van der Waals surface area contributed by atoms with Gasteiger partial charge in [0.05, 0.1) is 22.6 Å². The normalized spacial score (nSPS) is 13.9. The van der Waals surface area contributed by atoms with E-state index in [0.717, 1.165) is 0 Å². The van der Waals surface area contributed by atoms with Crippen LogP contribution in [0.4, 0.5) is 14.5 Å². The van der Waals surface area contributed by atoms with Crippen LogP contribution in [0.5, 0.6) is 0 Å². The Balaban J connectivity index is 1.90. The third-order valence-corrected chi connectivity index (χ3v) is 6.21. The predicted octanol–water partition coefficient (Wildman–Crippen LogP) is 5.65. The number of nitrogens with one attached hydrogen (secondary N) is 1. The van der Waals surface area contributed by atoms with E-state index in [4.69, 9.17) is 27.7 Å². The molecule has 3 rings (SSSR count). The van der Waals surface area contributed by atoms with Crippen molar-refractivity contribution in [1.82, 2.24) is 10.1 Å². The molecule has 0 radical (unpaired) electrons. The summed E-state index contributed by atoms with van der Waals surface area (Å²) in [5.41, 5.74) is 0.831. The van der Waals surface area contributed by atoms with Crippen molar-refractivity contribution >= 4 is 41.7 Å². The van der Waals surface area contributed by atoms with Gasteiger partial charge >= 0.3 is 18.8 Å². The summed E-state index contributed by atoms with van der Waals surface area (Å²) in [6.07, 6.45) is 0. The number of hydrogen-bond acceptors (Lipinski definition) is 5. The first-order valence-electron chi connectivity index (χ1n) is 8.02. The summed E-state index contributed by atoms with van der Waals surface area (Å²) in [4.78, 5) is 3.57. The number of nitrogens with zero attached hydrogens (tertiary/aromatic N) is 2. The highest BCUT2D eigenvalue weighted by atomic mass is 35.5. The number of para-hydroxylation sites is 1. The van der Waals surface area contributed by atoms with Gasteiger partial charge in [-0.1, -0.05) is 41.0 Å². The Morgan fingerprint density at radius 1 is 1.21 bits per heavy atom. The maximum Gasteiger partial charge on any atom is 0.400 e. The minimum absolute atomic E-state index is 0.0767. The van der Waals surface area contributed by atoms with Crippen LogP contribution < -0.4 is 10.4 Å². The second-order valence-corrected chi connectivity index (χ2v) is 8.51. The molecule has 148 valence electrons. The minimum atomic E-state index is -3.76. The van der Waals surface area contributed by atoms with Crippen LogP contribution in [0, 0.1) is 0 Å². The van der Waals surface area contributed by atoms with Crippen molar-refractivity contribution in [1.29, 1.82) is 0 Å². The molecule has 1 heterocycles. The molecule has 1 atom stereocenters. The van der Waals surface area contributed by atoms with Gasteiger partial charge in [0.15, 0.2) is 0 Å². The Bertz CT molecular complexity index is 1010. The van der Waals surface area contributed by atoms with Gasteiger partial charge in [-0.05, 0) is 42.8 Å². The Morgan fingerprint density at radius 2 is 1.89 bits per heavy atom. The number of benzene rings is 2. The fraction of sp³-hybridized carbons (Fsp3) is 0.176. The molecule has 0 bridgehead atoms. The number of halogens is 4. The predicted molar refractivity (Wildman–Crippen MR) is 103 cm³/mol. The van der Waals surface area contributed by atoms with Crippen molar-refractivity contribution in [3.8, 4) is 11.4 Å². The first kappa shape index (κ1) is 20.7. The molecule has 0 aliphatic carbocycles. The number of hydrogen-bond donors (Lipinski definition) is 1. The Morgan fingerprint density at radius 3 is 2.46 bits per heavy atom. The lowest BCUT2D eigenvalue weighted by Crippen LogP contribution is -2.14.